The Morgan fingerprint density at radius 3 is 2.58 bits per heavy atom. The molecule has 0 radical (unpaired) electrons. The normalized spacial score (nSPS) is 10.6. The van der Waals surface area contributed by atoms with Gasteiger partial charge in [-0.3, -0.25) is 4.79 Å². The Balaban J connectivity index is 1.79. The second-order valence-corrected chi connectivity index (χ2v) is 6.15. The van der Waals surface area contributed by atoms with E-state index in [4.69, 9.17) is 4.74 Å². The molecule has 0 aliphatic carbocycles. The molecule has 2 aromatic rings. The van der Waals surface area contributed by atoms with Gasteiger partial charge in [0.25, 0.3) is 5.91 Å². The highest BCUT2D eigenvalue weighted by atomic mass is 79.9. The number of benzene rings is 2. The van der Waals surface area contributed by atoms with E-state index < -0.39 is 5.97 Å². The quantitative estimate of drug-likeness (QED) is 0.561. The van der Waals surface area contributed by atoms with Crippen LogP contribution in [-0.2, 0) is 20.9 Å². The van der Waals surface area contributed by atoms with Gasteiger partial charge in [0.1, 0.15) is 0 Å². The molecule has 0 N–H and O–H groups in total. The summed E-state index contributed by atoms with van der Waals surface area (Å²) >= 11 is 3.36. The molecule has 0 aliphatic heterocycles. The van der Waals surface area contributed by atoms with E-state index >= 15 is 0 Å². The minimum Gasteiger partial charge on any atom is -0.452 e. The van der Waals surface area contributed by atoms with Crippen LogP contribution in [0.4, 0.5) is 0 Å². The maximum Gasteiger partial charge on any atom is 0.331 e. The molecule has 0 fully saturated rings. The average molecular weight is 388 g/mol. The van der Waals surface area contributed by atoms with Gasteiger partial charge in [0, 0.05) is 24.1 Å². The van der Waals surface area contributed by atoms with Crippen LogP contribution in [0.25, 0.3) is 6.08 Å². The van der Waals surface area contributed by atoms with Gasteiger partial charge >= 0.3 is 5.97 Å². The molecule has 0 saturated heterocycles. The number of rotatable bonds is 6. The van der Waals surface area contributed by atoms with Gasteiger partial charge in [-0.25, -0.2) is 4.79 Å². The molecule has 2 rings (SSSR count). The molecule has 0 atom stereocenters. The van der Waals surface area contributed by atoms with Crippen molar-refractivity contribution in [3.8, 4) is 0 Å². The highest BCUT2D eigenvalue weighted by molar-refractivity contribution is 9.10. The molecule has 0 aromatic heterocycles. The Morgan fingerprint density at radius 2 is 1.88 bits per heavy atom. The number of carbonyl (C=O) groups excluding carboxylic acids is 2. The number of hydrogen-bond donors (Lipinski definition) is 0. The van der Waals surface area contributed by atoms with Crippen molar-refractivity contribution in [2.45, 2.75) is 6.54 Å². The lowest BCUT2D eigenvalue weighted by Gasteiger charge is -2.16. The van der Waals surface area contributed by atoms with Crippen molar-refractivity contribution in [1.82, 2.24) is 4.90 Å². The summed E-state index contributed by atoms with van der Waals surface area (Å²) in [5, 5.41) is 0. The molecule has 4 nitrogen and oxygen atoms in total. The molecule has 0 aliphatic rings. The monoisotopic (exact) mass is 387 g/mol. The van der Waals surface area contributed by atoms with Crippen LogP contribution in [0.5, 0.6) is 0 Å². The lowest BCUT2D eigenvalue weighted by atomic mass is 10.2. The van der Waals surface area contributed by atoms with Gasteiger partial charge in [-0.15, -0.1) is 0 Å². The van der Waals surface area contributed by atoms with Crippen molar-refractivity contribution in [2.24, 2.45) is 0 Å². The van der Waals surface area contributed by atoms with Crippen LogP contribution in [-0.4, -0.2) is 30.4 Å². The fourth-order valence-electron chi connectivity index (χ4n) is 2.01. The zero-order valence-corrected chi connectivity index (χ0v) is 14.9. The number of nitrogens with zero attached hydrogens (tertiary/aromatic N) is 1. The van der Waals surface area contributed by atoms with E-state index in [9.17, 15) is 9.59 Å². The second kappa shape index (κ2) is 9.03. The van der Waals surface area contributed by atoms with Gasteiger partial charge in [0.15, 0.2) is 6.61 Å². The molecule has 2 aromatic carbocycles. The smallest absolute Gasteiger partial charge is 0.331 e. The summed E-state index contributed by atoms with van der Waals surface area (Å²) in [7, 11) is 1.68. The largest absolute Gasteiger partial charge is 0.452 e. The number of esters is 1. The van der Waals surface area contributed by atoms with E-state index in [0.29, 0.717) is 6.54 Å². The van der Waals surface area contributed by atoms with E-state index in [0.717, 1.165) is 15.6 Å². The zero-order valence-electron chi connectivity index (χ0n) is 13.3. The Kier molecular flexibility index (Phi) is 6.75. The summed E-state index contributed by atoms with van der Waals surface area (Å²) < 4.78 is 5.91. The first-order chi connectivity index (χ1) is 11.5. The Labute approximate surface area is 149 Å². The molecule has 0 bridgehead atoms. The van der Waals surface area contributed by atoms with Gasteiger partial charge in [-0.2, -0.15) is 0 Å². The van der Waals surface area contributed by atoms with Crippen LogP contribution in [0, 0.1) is 0 Å². The van der Waals surface area contributed by atoms with Gasteiger partial charge in [-0.05, 0) is 29.3 Å². The number of hydrogen-bond acceptors (Lipinski definition) is 3. The van der Waals surface area contributed by atoms with E-state index in [1.165, 1.54) is 11.0 Å². The van der Waals surface area contributed by atoms with Gasteiger partial charge in [0.2, 0.25) is 0 Å². The van der Waals surface area contributed by atoms with Gasteiger partial charge < -0.3 is 9.64 Å². The van der Waals surface area contributed by atoms with E-state index in [-0.39, 0.29) is 12.5 Å². The predicted octanol–water partition coefficient (Wildman–Crippen LogP) is 3.66. The summed E-state index contributed by atoms with van der Waals surface area (Å²) in [6, 6.07) is 17.2. The minimum absolute atomic E-state index is 0.247. The number of likely N-dealkylation sites (N-methyl/N-ethyl adjacent to an activating group) is 1. The molecule has 0 saturated carbocycles. The van der Waals surface area contributed by atoms with Crippen LogP contribution in [0.3, 0.4) is 0 Å². The first-order valence-electron chi connectivity index (χ1n) is 7.43. The van der Waals surface area contributed by atoms with Crippen LogP contribution in [0.1, 0.15) is 11.1 Å². The summed E-state index contributed by atoms with van der Waals surface area (Å²) in [5.41, 5.74) is 1.89. The third kappa shape index (κ3) is 6.01. The van der Waals surface area contributed by atoms with Crippen molar-refractivity contribution < 1.29 is 14.3 Å². The van der Waals surface area contributed by atoms with Crippen molar-refractivity contribution in [3.63, 3.8) is 0 Å². The maximum absolute atomic E-state index is 12.0. The lowest BCUT2D eigenvalue weighted by molar-refractivity contribution is -0.147. The molecular formula is C19H18BrNO3. The number of carbonyl (C=O) groups is 2. The number of halogens is 1. The van der Waals surface area contributed by atoms with Crippen molar-refractivity contribution in [2.75, 3.05) is 13.7 Å². The summed E-state index contributed by atoms with van der Waals surface area (Å²) in [4.78, 5) is 25.2. The maximum atomic E-state index is 12.0. The minimum atomic E-state index is -0.545. The van der Waals surface area contributed by atoms with Crippen LogP contribution in [0.15, 0.2) is 65.1 Å². The van der Waals surface area contributed by atoms with Crippen LogP contribution in [0.2, 0.25) is 0 Å². The second-order valence-electron chi connectivity index (χ2n) is 5.23. The van der Waals surface area contributed by atoms with E-state index in [1.807, 2.05) is 54.6 Å². The topological polar surface area (TPSA) is 46.6 Å². The van der Waals surface area contributed by atoms with E-state index in [2.05, 4.69) is 15.9 Å². The van der Waals surface area contributed by atoms with Gasteiger partial charge in [0.05, 0.1) is 0 Å². The van der Waals surface area contributed by atoms with Crippen LogP contribution < -0.4 is 0 Å². The molecule has 0 heterocycles. The Bertz CT molecular complexity index is 728. The summed E-state index contributed by atoms with van der Waals surface area (Å²) in [6.45, 7) is 0.204. The fourth-order valence-corrected chi connectivity index (χ4v) is 2.43. The first-order valence-corrected chi connectivity index (χ1v) is 8.22. The third-order valence-electron chi connectivity index (χ3n) is 3.29. The molecule has 24 heavy (non-hydrogen) atoms. The fraction of sp³-hybridized carbons (Fsp3) is 0.158. The molecule has 1 amide bonds. The molecular weight excluding hydrogens is 370 g/mol. The molecule has 0 unspecified atom stereocenters. The third-order valence-corrected chi connectivity index (χ3v) is 3.78. The highest BCUT2D eigenvalue weighted by Gasteiger charge is 2.11. The zero-order chi connectivity index (χ0) is 17.4. The first kappa shape index (κ1) is 17.9. The van der Waals surface area contributed by atoms with Crippen molar-refractivity contribution >= 4 is 33.9 Å². The molecule has 124 valence electrons. The average Bonchev–Trinajstić information content (AvgIpc) is 2.58. The molecule has 0 spiro atoms. The van der Waals surface area contributed by atoms with E-state index in [1.54, 1.807) is 13.1 Å². The number of amides is 1. The predicted molar refractivity (Wildman–Crippen MR) is 97.1 cm³/mol. The van der Waals surface area contributed by atoms with Gasteiger partial charge in [-0.1, -0.05) is 58.4 Å². The lowest BCUT2D eigenvalue weighted by Crippen LogP contribution is -2.30. The number of ether oxygens (including phenoxy) is 1. The Morgan fingerprint density at radius 1 is 1.12 bits per heavy atom. The van der Waals surface area contributed by atoms with Crippen LogP contribution >= 0.6 is 15.9 Å². The van der Waals surface area contributed by atoms with Crippen molar-refractivity contribution in [1.29, 1.82) is 0 Å². The SMILES string of the molecule is CN(Cc1ccccc1)C(=O)COC(=O)/C=C/c1cccc(Br)c1. The summed E-state index contributed by atoms with van der Waals surface area (Å²) in [6.07, 6.45) is 2.96. The standard InChI is InChI=1S/C19H18BrNO3/c1-21(13-16-6-3-2-4-7-16)18(22)14-24-19(23)11-10-15-8-5-9-17(20)12-15/h2-12H,13-14H2,1H3/b11-10+. The van der Waals surface area contributed by atoms with Crippen molar-refractivity contribution in [3.05, 3.63) is 76.3 Å². The summed E-state index contributed by atoms with van der Waals surface area (Å²) in [5.74, 6) is -0.792. The highest BCUT2D eigenvalue weighted by Crippen LogP contribution is 2.12. The Hall–Kier alpha value is -2.40. The molecule has 5 heteroatoms.